The Labute approximate surface area is 130 Å². The lowest BCUT2D eigenvalue weighted by Crippen LogP contribution is -2.57. The van der Waals surface area contributed by atoms with Gasteiger partial charge < -0.3 is 19.6 Å². The van der Waals surface area contributed by atoms with Crippen molar-refractivity contribution in [2.75, 3.05) is 26.2 Å². The molecular weight excluding hydrogens is 340 g/mol. The van der Waals surface area contributed by atoms with Gasteiger partial charge in [-0.2, -0.15) is 0 Å². The Morgan fingerprint density at radius 1 is 1.43 bits per heavy atom. The van der Waals surface area contributed by atoms with E-state index in [9.17, 15) is 9.59 Å². The van der Waals surface area contributed by atoms with Crippen LogP contribution in [0.1, 0.15) is 15.9 Å². The van der Waals surface area contributed by atoms with E-state index in [0.29, 0.717) is 31.0 Å². The lowest BCUT2D eigenvalue weighted by atomic mass is 10.1. The molecule has 2 aliphatic rings. The second-order valence-electron chi connectivity index (χ2n) is 5.24. The predicted molar refractivity (Wildman–Crippen MR) is 78.8 cm³/mol. The highest BCUT2D eigenvalue weighted by atomic mass is 79.9. The summed E-state index contributed by atoms with van der Waals surface area (Å²) in [5.41, 5.74) is 1.43. The summed E-state index contributed by atoms with van der Waals surface area (Å²) >= 11 is 3.43. The third kappa shape index (κ3) is 2.35. The third-order valence-electron chi connectivity index (χ3n) is 4.00. The van der Waals surface area contributed by atoms with E-state index in [1.807, 2.05) is 13.0 Å². The molecule has 1 atom stereocenters. The fraction of sp³-hybridized carbons (Fsp3) is 0.429. The summed E-state index contributed by atoms with van der Waals surface area (Å²) in [5.74, 6) is 0.499. The second-order valence-corrected chi connectivity index (χ2v) is 6.10. The van der Waals surface area contributed by atoms with Crippen molar-refractivity contribution in [3.63, 3.8) is 0 Å². The van der Waals surface area contributed by atoms with Crippen LogP contribution in [0.15, 0.2) is 16.6 Å². The number of carboxylic acid groups (broad SMARTS) is 1. The second kappa shape index (κ2) is 5.22. The molecule has 0 unspecified atom stereocenters. The summed E-state index contributed by atoms with van der Waals surface area (Å²) in [5, 5.41) is 9.09. The van der Waals surface area contributed by atoms with E-state index in [1.54, 1.807) is 11.0 Å². The summed E-state index contributed by atoms with van der Waals surface area (Å²) in [4.78, 5) is 26.8. The van der Waals surface area contributed by atoms with Gasteiger partial charge in [0.15, 0.2) is 0 Å². The molecule has 6 nitrogen and oxygen atoms in total. The molecule has 7 heteroatoms. The molecule has 0 aliphatic carbocycles. The predicted octanol–water partition coefficient (Wildman–Crippen LogP) is 1.95. The van der Waals surface area contributed by atoms with Crippen molar-refractivity contribution < 1.29 is 19.4 Å². The van der Waals surface area contributed by atoms with Gasteiger partial charge in [-0.05, 0) is 19.1 Å². The lowest BCUT2D eigenvalue weighted by Gasteiger charge is -2.38. The van der Waals surface area contributed by atoms with Crippen molar-refractivity contribution in [1.29, 1.82) is 0 Å². The van der Waals surface area contributed by atoms with Crippen molar-refractivity contribution in [2.24, 2.45) is 0 Å². The Hall–Kier alpha value is -1.76. The largest absolute Gasteiger partial charge is 0.490 e. The SMILES string of the molecule is Cc1c(Br)ccc2c1OC[C@H]1CN(C(=O)O)CCN1C2=O. The van der Waals surface area contributed by atoms with E-state index < -0.39 is 6.09 Å². The van der Waals surface area contributed by atoms with Gasteiger partial charge in [-0.1, -0.05) is 15.9 Å². The van der Waals surface area contributed by atoms with Crippen LogP contribution in [-0.2, 0) is 0 Å². The number of carbonyl (C=O) groups excluding carboxylic acids is 1. The minimum atomic E-state index is -0.956. The monoisotopic (exact) mass is 354 g/mol. The van der Waals surface area contributed by atoms with Gasteiger partial charge in [0.2, 0.25) is 0 Å². The van der Waals surface area contributed by atoms with Crippen LogP contribution in [-0.4, -0.2) is 59.2 Å². The maximum absolute atomic E-state index is 12.7. The first-order chi connectivity index (χ1) is 9.99. The zero-order valence-electron chi connectivity index (χ0n) is 11.5. The van der Waals surface area contributed by atoms with Crippen LogP contribution in [0.25, 0.3) is 0 Å². The number of carbonyl (C=O) groups is 2. The van der Waals surface area contributed by atoms with E-state index in [2.05, 4.69) is 15.9 Å². The summed E-state index contributed by atoms with van der Waals surface area (Å²) in [6.45, 7) is 3.22. The zero-order chi connectivity index (χ0) is 15.1. The number of halogens is 1. The molecule has 1 saturated heterocycles. The molecular formula is C14H15BrN2O4. The Balaban J connectivity index is 1.94. The van der Waals surface area contributed by atoms with Gasteiger partial charge in [-0.3, -0.25) is 4.79 Å². The van der Waals surface area contributed by atoms with Crippen LogP contribution in [0, 0.1) is 6.92 Å². The molecule has 1 N–H and O–H groups in total. The molecule has 112 valence electrons. The Kier molecular flexibility index (Phi) is 3.52. The van der Waals surface area contributed by atoms with Gasteiger partial charge in [0, 0.05) is 29.7 Å². The summed E-state index contributed by atoms with van der Waals surface area (Å²) in [6.07, 6.45) is -0.956. The number of benzene rings is 1. The summed E-state index contributed by atoms with van der Waals surface area (Å²) < 4.78 is 6.71. The number of nitrogens with zero attached hydrogens (tertiary/aromatic N) is 2. The maximum Gasteiger partial charge on any atom is 0.407 e. The van der Waals surface area contributed by atoms with E-state index in [4.69, 9.17) is 9.84 Å². The number of rotatable bonds is 0. The molecule has 0 saturated carbocycles. The standard InChI is InChI=1S/C14H15BrN2O4/c1-8-11(15)3-2-10-12(8)21-7-9-6-16(14(19)20)4-5-17(9)13(10)18/h2-3,9H,4-7H2,1H3,(H,19,20)/t9-/m1/s1. The van der Waals surface area contributed by atoms with Crippen LogP contribution in [0.5, 0.6) is 5.75 Å². The van der Waals surface area contributed by atoms with Crippen LogP contribution in [0.4, 0.5) is 4.79 Å². The van der Waals surface area contributed by atoms with Crippen molar-refractivity contribution >= 4 is 27.9 Å². The Bertz CT molecular complexity index is 619. The summed E-state index contributed by atoms with van der Waals surface area (Å²) in [6, 6.07) is 3.34. The average molecular weight is 355 g/mol. The van der Waals surface area contributed by atoms with E-state index in [0.717, 1.165) is 10.0 Å². The van der Waals surface area contributed by atoms with Crippen LogP contribution >= 0.6 is 15.9 Å². The first-order valence-corrected chi connectivity index (χ1v) is 7.49. The molecule has 2 amide bonds. The average Bonchev–Trinajstić information content (AvgIpc) is 2.60. The van der Waals surface area contributed by atoms with E-state index in [-0.39, 0.29) is 18.5 Å². The van der Waals surface area contributed by atoms with Crippen LogP contribution in [0.3, 0.4) is 0 Å². The first kappa shape index (κ1) is 14.2. The number of amides is 2. The molecule has 0 bridgehead atoms. The number of hydrogen-bond donors (Lipinski definition) is 1. The highest BCUT2D eigenvalue weighted by molar-refractivity contribution is 9.10. The first-order valence-electron chi connectivity index (χ1n) is 6.69. The maximum atomic E-state index is 12.7. The minimum Gasteiger partial charge on any atom is -0.490 e. The molecule has 0 spiro atoms. The molecule has 3 rings (SSSR count). The molecule has 1 aromatic carbocycles. The molecule has 0 aromatic heterocycles. The van der Waals surface area contributed by atoms with Gasteiger partial charge in [0.25, 0.3) is 5.91 Å². The normalized spacial score (nSPS) is 21.2. The smallest absolute Gasteiger partial charge is 0.407 e. The van der Waals surface area contributed by atoms with E-state index >= 15 is 0 Å². The van der Waals surface area contributed by atoms with Crippen LogP contribution in [0.2, 0.25) is 0 Å². The Morgan fingerprint density at radius 2 is 2.19 bits per heavy atom. The molecule has 21 heavy (non-hydrogen) atoms. The van der Waals surface area contributed by atoms with Crippen molar-refractivity contribution in [2.45, 2.75) is 13.0 Å². The van der Waals surface area contributed by atoms with Crippen molar-refractivity contribution in [3.05, 3.63) is 27.7 Å². The molecule has 0 radical (unpaired) electrons. The molecule has 1 fully saturated rings. The fourth-order valence-electron chi connectivity index (χ4n) is 2.80. The van der Waals surface area contributed by atoms with Gasteiger partial charge in [0.1, 0.15) is 12.4 Å². The van der Waals surface area contributed by atoms with Gasteiger partial charge in [-0.25, -0.2) is 4.79 Å². The summed E-state index contributed by atoms with van der Waals surface area (Å²) in [7, 11) is 0. The van der Waals surface area contributed by atoms with Crippen molar-refractivity contribution in [3.8, 4) is 5.75 Å². The highest BCUT2D eigenvalue weighted by Gasteiger charge is 2.37. The van der Waals surface area contributed by atoms with Gasteiger partial charge in [-0.15, -0.1) is 0 Å². The highest BCUT2D eigenvalue weighted by Crippen LogP contribution is 2.34. The number of fused-ring (bicyclic) bond motifs is 2. The molecule has 2 heterocycles. The fourth-order valence-corrected chi connectivity index (χ4v) is 3.11. The Morgan fingerprint density at radius 3 is 2.90 bits per heavy atom. The molecule has 2 aliphatic heterocycles. The minimum absolute atomic E-state index is 0.0897. The van der Waals surface area contributed by atoms with Gasteiger partial charge >= 0.3 is 6.09 Å². The van der Waals surface area contributed by atoms with Crippen molar-refractivity contribution in [1.82, 2.24) is 9.80 Å². The number of piperazine rings is 1. The third-order valence-corrected chi connectivity index (χ3v) is 4.86. The van der Waals surface area contributed by atoms with Crippen LogP contribution < -0.4 is 4.74 Å². The molecule has 1 aromatic rings. The number of hydrogen-bond acceptors (Lipinski definition) is 3. The topological polar surface area (TPSA) is 70.1 Å². The quantitative estimate of drug-likeness (QED) is 0.772. The van der Waals surface area contributed by atoms with E-state index in [1.165, 1.54) is 4.90 Å². The van der Waals surface area contributed by atoms with Gasteiger partial charge in [0.05, 0.1) is 11.6 Å². The lowest BCUT2D eigenvalue weighted by molar-refractivity contribution is 0.0390. The zero-order valence-corrected chi connectivity index (χ0v) is 13.1. The number of ether oxygens (including phenoxy) is 1.